The maximum absolute atomic E-state index is 13.7. The van der Waals surface area contributed by atoms with Crippen LogP contribution in [0.2, 0.25) is 0 Å². The zero-order valence-electron chi connectivity index (χ0n) is 8.93. The molecule has 0 amide bonds. The van der Waals surface area contributed by atoms with Crippen LogP contribution in [0.3, 0.4) is 0 Å². The molecule has 2 aromatic rings. The average Bonchev–Trinajstić information content (AvgIpc) is 2.32. The van der Waals surface area contributed by atoms with Gasteiger partial charge in [0.2, 0.25) is 0 Å². The Morgan fingerprint density at radius 3 is 2.17 bits per heavy atom. The lowest BCUT2D eigenvalue weighted by atomic mass is 10.0. The smallest absolute Gasteiger partial charge is 0.130 e. The number of benzene rings is 2. The molecule has 1 atom stereocenters. The van der Waals surface area contributed by atoms with Gasteiger partial charge in [0, 0.05) is 14.5 Å². The van der Waals surface area contributed by atoms with E-state index in [-0.39, 0.29) is 5.56 Å². The summed E-state index contributed by atoms with van der Waals surface area (Å²) in [6.45, 7) is 0. The van der Waals surface area contributed by atoms with Gasteiger partial charge in [-0.15, -0.1) is 0 Å². The molecule has 0 saturated carbocycles. The molecule has 2 aromatic carbocycles. The second-order valence-corrected chi connectivity index (χ2v) is 6.35. The van der Waals surface area contributed by atoms with E-state index < -0.39 is 16.5 Å². The lowest BCUT2D eigenvalue weighted by Gasteiger charge is -2.14. The first-order chi connectivity index (χ1) is 8.50. The highest BCUT2D eigenvalue weighted by atomic mass is 79.9. The predicted molar refractivity (Wildman–Crippen MR) is 79.0 cm³/mol. The van der Waals surface area contributed by atoms with E-state index >= 15 is 0 Å². The lowest BCUT2D eigenvalue weighted by molar-refractivity contribution is 0.560. The molecule has 0 bridgehead atoms. The lowest BCUT2D eigenvalue weighted by Crippen LogP contribution is -2.01. The molecule has 0 aromatic heterocycles. The number of rotatable bonds is 2. The highest BCUT2D eigenvalue weighted by Gasteiger charge is 2.21. The Labute approximate surface area is 129 Å². The van der Waals surface area contributed by atoms with Crippen molar-refractivity contribution in [2.75, 3.05) is 0 Å². The van der Waals surface area contributed by atoms with E-state index in [4.69, 9.17) is 0 Å². The number of halogens is 5. The first-order valence-electron chi connectivity index (χ1n) is 5.03. The largest absolute Gasteiger partial charge is 0.207 e. The van der Waals surface area contributed by atoms with Gasteiger partial charge in [-0.3, -0.25) is 0 Å². The fourth-order valence-corrected chi connectivity index (χ4v) is 3.59. The fourth-order valence-electron chi connectivity index (χ4n) is 1.62. The van der Waals surface area contributed by atoms with Crippen LogP contribution < -0.4 is 0 Å². The summed E-state index contributed by atoms with van der Waals surface area (Å²) in [4.78, 5) is -0.550. The molecule has 2 rings (SSSR count). The van der Waals surface area contributed by atoms with Crippen molar-refractivity contribution in [2.24, 2.45) is 0 Å². The van der Waals surface area contributed by atoms with Crippen LogP contribution in [-0.4, -0.2) is 0 Å². The Bertz CT molecular complexity index is 564. The van der Waals surface area contributed by atoms with Crippen LogP contribution in [0.25, 0.3) is 0 Å². The van der Waals surface area contributed by atoms with Crippen molar-refractivity contribution in [1.82, 2.24) is 0 Å². The summed E-state index contributed by atoms with van der Waals surface area (Å²) in [6, 6.07) is 9.34. The summed E-state index contributed by atoms with van der Waals surface area (Å²) in [6.07, 6.45) is 0. The van der Waals surface area contributed by atoms with Crippen molar-refractivity contribution in [3.8, 4) is 0 Å². The first kappa shape index (κ1) is 14.2. The van der Waals surface area contributed by atoms with Crippen LogP contribution in [0.4, 0.5) is 8.78 Å². The van der Waals surface area contributed by atoms with Crippen molar-refractivity contribution in [3.63, 3.8) is 0 Å². The van der Waals surface area contributed by atoms with Gasteiger partial charge < -0.3 is 0 Å². The van der Waals surface area contributed by atoms with E-state index in [9.17, 15) is 8.78 Å². The molecule has 18 heavy (non-hydrogen) atoms. The first-order valence-corrected chi connectivity index (χ1v) is 7.54. The summed E-state index contributed by atoms with van der Waals surface area (Å²) in [5, 5.41) is 0. The molecule has 0 aliphatic carbocycles. The molecular weight excluding hydrogens is 434 g/mol. The van der Waals surface area contributed by atoms with Crippen molar-refractivity contribution in [2.45, 2.75) is 4.83 Å². The zero-order valence-corrected chi connectivity index (χ0v) is 13.7. The van der Waals surface area contributed by atoms with Crippen LogP contribution >= 0.6 is 47.8 Å². The Kier molecular flexibility index (Phi) is 4.56. The molecule has 0 radical (unpaired) electrons. The molecule has 5 heteroatoms. The monoisotopic (exact) mass is 438 g/mol. The fraction of sp³-hybridized carbons (Fsp3) is 0.0769. The number of hydrogen-bond acceptors (Lipinski definition) is 0. The summed E-state index contributed by atoms with van der Waals surface area (Å²) in [7, 11) is 0. The van der Waals surface area contributed by atoms with Crippen LogP contribution in [0.15, 0.2) is 45.3 Å². The molecule has 0 aliphatic rings. The van der Waals surface area contributed by atoms with E-state index in [1.165, 1.54) is 18.2 Å². The summed E-state index contributed by atoms with van der Waals surface area (Å²) in [5.41, 5.74) is 0.768. The molecule has 0 fully saturated rings. The maximum atomic E-state index is 13.7. The van der Waals surface area contributed by atoms with Gasteiger partial charge in [-0.2, -0.15) is 0 Å². The van der Waals surface area contributed by atoms with Crippen LogP contribution in [0.1, 0.15) is 16.0 Å². The highest BCUT2D eigenvalue weighted by molar-refractivity contribution is 9.11. The van der Waals surface area contributed by atoms with Crippen LogP contribution in [-0.2, 0) is 0 Å². The number of alkyl halides is 1. The molecule has 0 saturated heterocycles. The Hall–Kier alpha value is -0.260. The normalized spacial score (nSPS) is 12.5. The standard InChI is InChI=1S/C13H7Br3F2/c14-7-4-5-9(15)8(6-7)13(16)12-10(17)2-1-3-11(12)18/h1-6,13H. The minimum atomic E-state index is -0.566. The average molecular weight is 441 g/mol. The van der Waals surface area contributed by atoms with Crippen molar-refractivity contribution in [1.29, 1.82) is 0 Å². The Morgan fingerprint density at radius 2 is 1.56 bits per heavy atom. The third-order valence-corrected chi connectivity index (χ3v) is 4.65. The van der Waals surface area contributed by atoms with E-state index in [2.05, 4.69) is 47.8 Å². The third-order valence-electron chi connectivity index (χ3n) is 2.48. The predicted octanol–water partition coefficient (Wildman–Crippen LogP) is 5.97. The molecule has 0 N–H and O–H groups in total. The summed E-state index contributed by atoms with van der Waals surface area (Å²) >= 11 is 10.1. The molecular formula is C13H7Br3F2. The topological polar surface area (TPSA) is 0 Å². The van der Waals surface area contributed by atoms with Gasteiger partial charge in [0.1, 0.15) is 11.6 Å². The van der Waals surface area contributed by atoms with Gasteiger partial charge >= 0.3 is 0 Å². The molecule has 1 unspecified atom stereocenters. The van der Waals surface area contributed by atoms with Gasteiger partial charge in [-0.25, -0.2) is 8.78 Å². The summed E-state index contributed by atoms with van der Waals surface area (Å²) < 4.78 is 29.1. The second-order valence-electron chi connectivity index (χ2n) is 3.66. The Balaban J connectivity index is 2.54. The van der Waals surface area contributed by atoms with Crippen LogP contribution in [0, 0.1) is 11.6 Å². The van der Waals surface area contributed by atoms with E-state index in [1.807, 2.05) is 18.2 Å². The summed E-state index contributed by atoms with van der Waals surface area (Å²) in [5.74, 6) is -1.13. The second kappa shape index (κ2) is 5.80. The van der Waals surface area contributed by atoms with Gasteiger partial charge in [0.15, 0.2) is 0 Å². The molecule has 0 spiro atoms. The van der Waals surface area contributed by atoms with Gasteiger partial charge in [-0.05, 0) is 35.9 Å². The van der Waals surface area contributed by atoms with Crippen LogP contribution in [0.5, 0.6) is 0 Å². The quantitative estimate of drug-likeness (QED) is 0.504. The minimum absolute atomic E-state index is 0.0105. The molecule has 0 aliphatic heterocycles. The number of hydrogen-bond donors (Lipinski definition) is 0. The van der Waals surface area contributed by atoms with E-state index in [0.29, 0.717) is 0 Å². The Morgan fingerprint density at radius 1 is 0.944 bits per heavy atom. The highest BCUT2D eigenvalue weighted by Crippen LogP contribution is 2.38. The van der Waals surface area contributed by atoms with Crippen molar-refractivity contribution in [3.05, 3.63) is 68.1 Å². The zero-order chi connectivity index (χ0) is 13.3. The van der Waals surface area contributed by atoms with Crippen molar-refractivity contribution >= 4 is 47.8 Å². The van der Waals surface area contributed by atoms with Gasteiger partial charge in [-0.1, -0.05) is 53.9 Å². The minimum Gasteiger partial charge on any atom is -0.207 e. The van der Waals surface area contributed by atoms with Gasteiger partial charge in [0.25, 0.3) is 0 Å². The molecule has 94 valence electrons. The van der Waals surface area contributed by atoms with Gasteiger partial charge in [0.05, 0.1) is 4.83 Å². The van der Waals surface area contributed by atoms with Crippen molar-refractivity contribution < 1.29 is 8.78 Å². The maximum Gasteiger partial charge on any atom is 0.130 e. The molecule has 0 nitrogen and oxygen atoms in total. The van der Waals surface area contributed by atoms with E-state index in [1.54, 1.807) is 0 Å². The third kappa shape index (κ3) is 2.83. The molecule has 0 heterocycles. The SMILES string of the molecule is Fc1cccc(F)c1C(Br)c1cc(Br)ccc1Br. The van der Waals surface area contributed by atoms with E-state index in [0.717, 1.165) is 14.5 Å².